The third kappa shape index (κ3) is 4.83. The SMILES string of the molecule is CCCCCCCN(CCC(=O)O)c1ccc2c(c1)OCO2. The summed E-state index contributed by atoms with van der Waals surface area (Å²) in [5.41, 5.74) is 1.00. The van der Waals surface area contributed by atoms with Gasteiger partial charge in [0, 0.05) is 24.8 Å². The fourth-order valence-electron chi connectivity index (χ4n) is 2.59. The van der Waals surface area contributed by atoms with Crippen molar-refractivity contribution in [1.29, 1.82) is 0 Å². The van der Waals surface area contributed by atoms with Gasteiger partial charge >= 0.3 is 5.97 Å². The van der Waals surface area contributed by atoms with Gasteiger partial charge in [0.1, 0.15) is 0 Å². The van der Waals surface area contributed by atoms with Gasteiger partial charge in [0.25, 0.3) is 0 Å². The molecule has 1 heterocycles. The maximum Gasteiger partial charge on any atom is 0.305 e. The Labute approximate surface area is 131 Å². The summed E-state index contributed by atoms with van der Waals surface area (Å²) in [4.78, 5) is 13.0. The molecular formula is C17H25NO4. The number of anilines is 1. The Balaban J connectivity index is 1.95. The standard InChI is InChI=1S/C17H25NO4/c1-2-3-4-5-6-10-18(11-9-17(19)20)14-7-8-15-16(12-14)22-13-21-15/h7-8,12H,2-6,9-11,13H2,1H3,(H,19,20). The highest BCUT2D eigenvalue weighted by Crippen LogP contribution is 2.35. The molecule has 0 saturated heterocycles. The largest absolute Gasteiger partial charge is 0.481 e. The monoisotopic (exact) mass is 307 g/mol. The molecule has 0 atom stereocenters. The lowest BCUT2D eigenvalue weighted by atomic mass is 10.1. The first-order valence-corrected chi connectivity index (χ1v) is 8.07. The number of carbonyl (C=O) groups is 1. The molecule has 0 aromatic heterocycles. The van der Waals surface area contributed by atoms with Gasteiger partial charge < -0.3 is 19.5 Å². The molecule has 0 aliphatic carbocycles. The Morgan fingerprint density at radius 1 is 1.14 bits per heavy atom. The summed E-state index contributed by atoms with van der Waals surface area (Å²) in [5, 5.41) is 8.93. The number of ether oxygens (including phenoxy) is 2. The lowest BCUT2D eigenvalue weighted by Crippen LogP contribution is -2.27. The van der Waals surface area contributed by atoms with Crippen molar-refractivity contribution in [3.63, 3.8) is 0 Å². The molecule has 0 saturated carbocycles. The van der Waals surface area contributed by atoms with Crippen molar-refractivity contribution >= 4 is 11.7 Å². The predicted octanol–water partition coefficient (Wildman–Crippen LogP) is 3.67. The Bertz CT molecular complexity index is 490. The van der Waals surface area contributed by atoms with Crippen molar-refractivity contribution in [2.24, 2.45) is 0 Å². The molecule has 5 heteroatoms. The van der Waals surface area contributed by atoms with E-state index in [1.807, 2.05) is 18.2 Å². The molecule has 1 aliphatic heterocycles. The molecule has 2 rings (SSSR count). The number of unbranched alkanes of at least 4 members (excludes halogenated alkanes) is 4. The molecule has 1 aliphatic rings. The number of nitrogens with zero attached hydrogens (tertiary/aromatic N) is 1. The first-order chi connectivity index (χ1) is 10.7. The maximum atomic E-state index is 10.9. The molecule has 0 unspecified atom stereocenters. The molecule has 1 aromatic carbocycles. The van der Waals surface area contributed by atoms with Gasteiger partial charge in [-0.1, -0.05) is 32.6 Å². The number of benzene rings is 1. The smallest absolute Gasteiger partial charge is 0.305 e. The van der Waals surface area contributed by atoms with Crippen LogP contribution >= 0.6 is 0 Å². The van der Waals surface area contributed by atoms with Crippen LogP contribution in [0.3, 0.4) is 0 Å². The summed E-state index contributed by atoms with van der Waals surface area (Å²) in [6.07, 6.45) is 6.13. The van der Waals surface area contributed by atoms with Crippen molar-refractivity contribution in [2.45, 2.75) is 45.4 Å². The van der Waals surface area contributed by atoms with E-state index in [9.17, 15) is 4.79 Å². The van der Waals surface area contributed by atoms with Crippen molar-refractivity contribution in [1.82, 2.24) is 0 Å². The quantitative estimate of drug-likeness (QED) is 0.668. The number of hydrogen-bond donors (Lipinski definition) is 1. The van der Waals surface area contributed by atoms with Crippen molar-refractivity contribution in [3.05, 3.63) is 18.2 Å². The lowest BCUT2D eigenvalue weighted by Gasteiger charge is -2.24. The highest BCUT2D eigenvalue weighted by molar-refractivity contribution is 5.68. The van der Waals surface area contributed by atoms with Crippen molar-refractivity contribution in [3.8, 4) is 11.5 Å². The highest BCUT2D eigenvalue weighted by atomic mass is 16.7. The van der Waals surface area contributed by atoms with Crippen LogP contribution < -0.4 is 14.4 Å². The van der Waals surface area contributed by atoms with E-state index in [2.05, 4.69) is 11.8 Å². The number of hydrogen-bond acceptors (Lipinski definition) is 4. The normalized spacial score (nSPS) is 12.4. The molecule has 0 bridgehead atoms. The maximum absolute atomic E-state index is 10.9. The van der Waals surface area contributed by atoms with Crippen LogP contribution in [0.5, 0.6) is 11.5 Å². The van der Waals surface area contributed by atoms with E-state index < -0.39 is 5.97 Å². The fraction of sp³-hybridized carbons (Fsp3) is 0.588. The van der Waals surface area contributed by atoms with E-state index >= 15 is 0 Å². The van der Waals surface area contributed by atoms with Gasteiger partial charge in [-0.25, -0.2) is 0 Å². The lowest BCUT2D eigenvalue weighted by molar-refractivity contribution is -0.136. The zero-order valence-electron chi connectivity index (χ0n) is 13.2. The summed E-state index contributed by atoms with van der Waals surface area (Å²) in [7, 11) is 0. The first-order valence-electron chi connectivity index (χ1n) is 8.07. The Hall–Kier alpha value is -1.91. The number of carboxylic acid groups (broad SMARTS) is 1. The summed E-state index contributed by atoms with van der Waals surface area (Å²) >= 11 is 0. The van der Waals surface area contributed by atoms with Crippen LogP contribution in [0.2, 0.25) is 0 Å². The minimum Gasteiger partial charge on any atom is -0.481 e. The van der Waals surface area contributed by atoms with E-state index in [1.165, 1.54) is 25.7 Å². The van der Waals surface area contributed by atoms with Crippen LogP contribution in [0.4, 0.5) is 5.69 Å². The molecule has 1 N–H and O–H groups in total. The number of aliphatic carboxylic acids is 1. The van der Waals surface area contributed by atoms with Crippen LogP contribution in [0.1, 0.15) is 45.4 Å². The van der Waals surface area contributed by atoms with Crippen LogP contribution in [0, 0.1) is 0 Å². The van der Waals surface area contributed by atoms with Gasteiger partial charge in [0.2, 0.25) is 6.79 Å². The van der Waals surface area contributed by atoms with Gasteiger partial charge in [-0.2, -0.15) is 0 Å². The second kappa shape index (κ2) is 8.51. The van der Waals surface area contributed by atoms with Gasteiger partial charge in [0.05, 0.1) is 6.42 Å². The highest BCUT2D eigenvalue weighted by Gasteiger charge is 2.16. The number of fused-ring (bicyclic) bond motifs is 1. The third-order valence-corrected chi connectivity index (χ3v) is 3.85. The molecule has 0 amide bonds. The van der Waals surface area contributed by atoms with E-state index in [0.717, 1.165) is 30.2 Å². The summed E-state index contributed by atoms with van der Waals surface area (Å²) in [5.74, 6) is 0.727. The van der Waals surface area contributed by atoms with Crippen LogP contribution in [-0.2, 0) is 4.79 Å². The van der Waals surface area contributed by atoms with E-state index in [0.29, 0.717) is 6.54 Å². The topological polar surface area (TPSA) is 59.0 Å². The summed E-state index contributed by atoms with van der Waals surface area (Å²) in [6, 6.07) is 5.81. The minimum atomic E-state index is -0.767. The molecular weight excluding hydrogens is 282 g/mol. The van der Waals surface area contributed by atoms with Gasteiger partial charge in [0.15, 0.2) is 11.5 Å². The third-order valence-electron chi connectivity index (χ3n) is 3.85. The second-order valence-corrected chi connectivity index (χ2v) is 5.58. The summed E-state index contributed by atoms with van der Waals surface area (Å²) in [6.45, 7) is 3.84. The molecule has 0 spiro atoms. The zero-order valence-corrected chi connectivity index (χ0v) is 13.2. The van der Waals surface area contributed by atoms with Gasteiger partial charge in [-0.05, 0) is 18.6 Å². The second-order valence-electron chi connectivity index (χ2n) is 5.58. The van der Waals surface area contributed by atoms with Crippen molar-refractivity contribution in [2.75, 3.05) is 24.8 Å². The molecule has 0 radical (unpaired) electrons. The van der Waals surface area contributed by atoms with Gasteiger partial charge in [-0.15, -0.1) is 0 Å². The average molecular weight is 307 g/mol. The van der Waals surface area contributed by atoms with Crippen LogP contribution in [0.15, 0.2) is 18.2 Å². The Morgan fingerprint density at radius 2 is 1.91 bits per heavy atom. The van der Waals surface area contributed by atoms with Crippen LogP contribution in [-0.4, -0.2) is 31.0 Å². The van der Waals surface area contributed by atoms with Gasteiger partial charge in [-0.3, -0.25) is 4.79 Å². The predicted molar refractivity (Wildman–Crippen MR) is 85.8 cm³/mol. The van der Waals surface area contributed by atoms with E-state index in [-0.39, 0.29) is 13.2 Å². The molecule has 22 heavy (non-hydrogen) atoms. The molecule has 5 nitrogen and oxygen atoms in total. The first kappa shape index (κ1) is 16.5. The molecule has 122 valence electrons. The summed E-state index contributed by atoms with van der Waals surface area (Å²) < 4.78 is 10.7. The van der Waals surface area contributed by atoms with E-state index in [4.69, 9.17) is 14.6 Å². The van der Waals surface area contributed by atoms with Crippen molar-refractivity contribution < 1.29 is 19.4 Å². The van der Waals surface area contributed by atoms with E-state index in [1.54, 1.807) is 0 Å². The fourth-order valence-corrected chi connectivity index (χ4v) is 2.59. The van der Waals surface area contributed by atoms with Crippen LogP contribution in [0.25, 0.3) is 0 Å². The molecule has 1 aromatic rings. The molecule has 0 fully saturated rings. The zero-order chi connectivity index (χ0) is 15.8. The minimum absolute atomic E-state index is 0.142. The average Bonchev–Trinajstić information content (AvgIpc) is 2.97. The Morgan fingerprint density at radius 3 is 2.68 bits per heavy atom. The number of rotatable bonds is 10. The number of carboxylic acids is 1. The Kier molecular flexibility index (Phi) is 6.37.